The van der Waals surface area contributed by atoms with Crippen LogP contribution in [0.4, 0.5) is 0 Å². The van der Waals surface area contributed by atoms with E-state index < -0.39 is 0 Å². The minimum absolute atomic E-state index is 0.287. The van der Waals surface area contributed by atoms with Gasteiger partial charge in [-0.05, 0) is 31.0 Å². The molecule has 0 atom stereocenters. The number of aromatic nitrogens is 3. The number of halogens is 2. The van der Waals surface area contributed by atoms with Crippen LogP contribution >= 0.6 is 23.2 Å². The molecule has 0 fully saturated rings. The minimum Gasteiger partial charge on any atom is -0.246 e. The Balaban J connectivity index is 2.29. The molecule has 1 aromatic carbocycles. The van der Waals surface area contributed by atoms with Crippen LogP contribution in [0.1, 0.15) is 12.8 Å². The van der Waals surface area contributed by atoms with Crippen LogP contribution in [0, 0.1) is 0 Å². The Kier molecular flexibility index (Phi) is 3.03. The predicted octanol–water partition coefficient (Wildman–Crippen LogP) is 1.90. The Morgan fingerprint density at radius 1 is 0.947 bits per heavy atom. The molecule has 0 amide bonds. The monoisotopic (exact) mass is 299 g/mol. The number of fused-ring (bicyclic) bond motifs is 1. The summed E-state index contributed by atoms with van der Waals surface area (Å²) in [6.07, 6.45) is 1.80. The molecule has 0 bridgehead atoms. The van der Waals surface area contributed by atoms with Crippen molar-refractivity contribution in [1.29, 1.82) is 0 Å². The molecule has 1 aromatic heterocycles. The summed E-state index contributed by atoms with van der Waals surface area (Å²) >= 11 is 11.9. The lowest BCUT2D eigenvalue weighted by Crippen LogP contribution is -2.30. The van der Waals surface area contributed by atoms with Crippen molar-refractivity contribution in [3.05, 3.63) is 49.2 Å². The van der Waals surface area contributed by atoms with Crippen molar-refractivity contribution in [1.82, 2.24) is 13.9 Å². The van der Waals surface area contributed by atoms with Crippen molar-refractivity contribution < 1.29 is 0 Å². The van der Waals surface area contributed by atoms with Gasteiger partial charge < -0.3 is 0 Å². The van der Waals surface area contributed by atoms with Gasteiger partial charge >= 0.3 is 11.4 Å². The van der Waals surface area contributed by atoms with Crippen LogP contribution in [0.2, 0.25) is 10.0 Å². The van der Waals surface area contributed by atoms with Crippen molar-refractivity contribution in [3.8, 4) is 5.69 Å². The summed E-state index contributed by atoms with van der Waals surface area (Å²) in [5.41, 5.74) is -0.335. The number of benzene rings is 1. The lowest BCUT2D eigenvalue weighted by molar-refractivity contribution is 0.348. The topological polar surface area (TPSA) is 48.9 Å². The summed E-state index contributed by atoms with van der Waals surface area (Å²) in [4.78, 5) is 24.6. The summed E-state index contributed by atoms with van der Waals surface area (Å²) < 4.78 is 4.04. The highest BCUT2D eigenvalue weighted by molar-refractivity contribution is 6.35. The Bertz CT molecular complexity index is 720. The molecule has 0 saturated heterocycles. The van der Waals surface area contributed by atoms with E-state index >= 15 is 0 Å². The van der Waals surface area contributed by atoms with Crippen LogP contribution < -0.4 is 11.4 Å². The van der Waals surface area contributed by atoms with Crippen molar-refractivity contribution >= 4 is 23.2 Å². The first-order chi connectivity index (χ1) is 9.09. The van der Waals surface area contributed by atoms with Gasteiger partial charge in [0, 0.05) is 18.1 Å². The fraction of sp³-hybridized carbons (Fsp3) is 0.333. The van der Waals surface area contributed by atoms with Crippen LogP contribution in [-0.2, 0) is 13.1 Å². The predicted molar refractivity (Wildman–Crippen MR) is 73.5 cm³/mol. The second-order valence-corrected chi connectivity index (χ2v) is 5.29. The lowest BCUT2D eigenvalue weighted by atomic mass is 10.3. The molecule has 1 aliphatic heterocycles. The highest BCUT2D eigenvalue weighted by Gasteiger charge is 2.20. The Morgan fingerprint density at radius 2 is 1.53 bits per heavy atom. The maximum Gasteiger partial charge on any atom is 0.351 e. The second kappa shape index (κ2) is 4.58. The average Bonchev–Trinajstić information content (AvgIpc) is 2.64. The highest BCUT2D eigenvalue weighted by Crippen LogP contribution is 2.22. The van der Waals surface area contributed by atoms with Gasteiger partial charge in [-0.15, -0.1) is 0 Å². The van der Waals surface area contributed by atoms with Crippen LogP contribution in [-0.4, -0.2) is 13.9 Å². The van der Waals surface area contributed by atoms with Crippen molar-refractivity contribution in [2.45, 2.75) is 25.9 Å². The maximum atomic E-state index is 12.3. The molecule has 0 saturated carbocycles. The normalized spacial score (nSPS) is 14.4. The zero-order chi connectivity index (χ0) is 13.6. The van der Waals surface area contributed by atoms with E-state index in [1.165, 1.54) is 15.4 Å². The van der Waals surface area contributed by atoms with Crippen LogP contribution in [0.5, 0.6) is 0 Å². The van der Waals surface area contributed by atoms with E-state index in [1.807, 2.05) is 0 Å². The third-order valence-electron chi connectivity index (χ3n) is 3.26. The van der Waals surface area contributed by atoms with Crippen LogP contribution in [0.3, 0.4) is 0 Å². The van der Waals surface area contributed by atoms with Crippen LogP contribution in [0.25, 0.3) is 5.69 Å². The molecule has 7 heteroatoms. The van der Waals surface area contributed by atoms with Crippen molar-refractivity contribution in [2.24, 2.45) is 0 Å². The number of hydrogen-bond acceptors (Lipinski definition) is 2. The molecule has 5 nitrogen and oxygen atoms in total. The van der Waals surface area contributed by atoms with E-state index in [1.54, 1.807) is 12.1 Å². The first kappa shape index (κ1) is 12.6. The van der Waals surface area contributed by atoms with E-state index in [0.717, 1.165) is 17.4 Å². The first-order valence-electron chi connectivity index (χ1n) is 5.97. The zero-order valence-corrected chi connectivity index (χ0v) is 11.5. The molecule has 0 aliphatic carbocycles. The smallest absolute Gasteiger partial charge is 0.246 e. The van der Waals surface area contributed by atoms with Crippen LogP contribution in [0.15, 0.2) is 27.8 Å². The molecule has 0 N–H and O–H groups in total. The van der Waals surface area contributed by atoms with Gasteiger partial charge in [0.15, 0.2) is 0 Å². The third-order valence-corrected chi connectivity index (χ3v) is 3.79. The summed E-state index contributed by atoms with van der Waals surface area (Å²) in [7, 11) is 0. The third kappa shape index (κ3) is 1.93. The second-order valence-electron chi connectivity index (χ2n) is 4.45. The molecule has 0 unspecified atom stereocenters. The van der Waals surface area contributed by atoms with Gasteiger partial charge in [0.2, 0.25) is 0 Å². The van der Waals surface area contributed by atoms with Gasteiger partial charge in [0.1, 0.15) is 0 Å². The van der Waals surface area contributed by atoms with Crippen molar-refractivity contribution in [2.75, 3.05) is 0 Å². The standard InChI is InChI=1S/C12H11Cl2N3O2/c13-8-3-4-10(9(14)7-8)17-11(18)15-5-1-2-6-16(15)12(17)19/h3-4,7H,1-2,5-6H2. The molecule has 0 radical (unpaired) electrons. The molecule has 3 rings (SSSR count). The van der Waals surface area contributed by atoms with E-state index in [4.69, 9.17) is 23.2 Å². The fourth-order valence-electron chi connectivity index (χ4n) is 2.34. The zero-order valence-electron chi connectivity index (χ0n) is 9.97. The Morgan fingerprint density at radius 3 is 2.05 bits per heavy atom. The Labute approximate surface area is 118 Å². The molecule has 19 heavy (non-hydrogen) atoms. The first-order valence-corrected chi connectivity index (χ1v) is 6.73. The fourth-order valence-corrected chi connectivity index (χ4v) is 2.84. The summed E-state index contributed by atoms with van der Waals surface area (Å²) in [5, 5.41) is 0.751. The number of nitrogens with zero attached hydrogens (tertiary/aromatic N) is 3. The molecule has 0 spiro atoms. The SMILES string of the molecule is O=c1n(-c2ccc(Cl)cc2Cl)c(=O)n2n1CCCC2. The Hall–Kier alpha value is -1.46. The van der Waals surface area contributed by atoms with Gasteiger partial charge in [-0.3, -0.25) is 0 Å². The maximum absolute atomic E-state index is 12.3. The van der Waals surface area contributed by atoms with E-state index in [2.05, 4.69) is 0 Å². The average molecular weight is 300 g/mol. The van der Waals surface area contributed by atoms with Gasteiger partial charge in [-0.1, -0.05) is 23.2 Å². The minimum atomic E-state index is -0.353. The molecule has 2 aromatic rings. The molecule has 2 heterocycles. The van der Waals surface area contributed by atoms with E-state index in [0.29, 0.717) is 23.8 Å². The van der Waals surface area contributed by atoms with E-state index in [9.17, 15) is 9.59 Å². The summed E-state index contributed by atoms with van der Waals surface area (Å²) in [6.45, 7) is 1.12. The van der Waals surface area contributed by atoms with Crippen molar-refractivity contribution in [3.63, 3.8) is 0 Å². The molecular weight excluding hydrogens is 289 g/mol. The van der Waals surface area contributed by atoms with E-state index in [-0.39, 0.29) is 16.4 Å². The molecular formula is C12H11Cl2N3O2. The highest BCUT2D eigenvalue weighted by atomic mass is 35.5. The van der Waals surface area contributed by atoms with Gasteiger partial charge in [0.25, 0.3) is 0 Å². The number of hydrogen-bond donors (Lipinski definition) is 0. The largest absolute Gasteiger partial charge is 0.351 e. The molecule has 1 aliphatic rings. The van der Waals surface area contributed by atoms with Gasteiger partial charge in [-0.25, -0.2) is 23.5 Å². The lowest BCUT2D eigenvalue weighted by Gasteiger charge is -2.13. The molecule has 100 valence electrons. The quantitative estimate of drug-likeness (QED) is 0.807. The summed E-state index contributed by atoms with van der Waals surface area (Å²) in [5.74, 6) is 0. The van der Waals surface area contributed by atoms with Gasteiger partial charge in [-0.2, -0.15) is 0 Å². The summed E-state index contributed by atoms with van der Waals surface area (Å²) in [6, 6.07) is 4.71. The number of rotatable bonds is 1. The van der Waals surface area contributed by atoms with Gasteiger partial charge in [0.05, 0.1) is 10.7 Å².